The van der Waals surface area contributed by atoms with E-state index in [0.29, 0.717) is 10.6 Å². The smallest absolute Gasteiger partial charge is 0.102 e. The van der Waals surface area contributed by atoms with E-state index in [1.165, 1.54) is 0 Å². The molecule has 1 aromatic carbocycles. The summed E-state index contributed by atoms with van der Waals surface area (Å²) in [5, 5.41) is 12.1. The number of thiophene rings is 1. The van der Waals surface area contributed by atoms with Crippen molar-refractivity contribution in [1.82, 2.24) is 4.98 Å². The summed E-state index contributed by atoms with van der Waals surface area (Å²) in [6.07, 6.45) is 0. The molecule has 0 bridgehead atoms. The Morgan fingerprint density at radius 2 is 2.05 bits per heavy atom. The highest BCUT2D eigenvalue weighted by atomic mass is 35.5. The van der Waals surface area contributed by atoms with Crippen LogP contribution >= 0.6 is 22.9 Å². The van der Waals surface area contributed by atoms with Gasteiger partial charge in [0.25, 0.3) is 0 Å². The zero-order chi connectivity index (χ0) is 14.8. The molecule has 0 spiro atoms. The second kappa shape index (κ2) is 5.69. The number of pyridine rings is 1. The Balaban J connectivity index is 2.25. The number of hydrogen-bond donors (Lipinski definition) is 0. The molecule has 3 rings (SSSR count). The molecule has 21 heavy (non-hydrogen) atoms. The van der Waals surface area contributed by atoms with E-state index in [4.69, 9.17) is 11.6 Å². The number of aryl methyl sites for hydroxylation is 1. The van der Waals surface area contributed by atoms with Gasteiger partial charge >= 0.3 is 0 Å². The fraction of sp³-hybridized carbons (Fsp3) is 0.0588. The van der Waals surface area contributed by atoms with Crippen molar-refractivity contribution in [3.8, 4) is 27.8 Å². The monoisotopic (exact) mass is 310 g/mol. The number of hydrogen-bond acceptors (Lipinski definition) is 3. The van der Waals surface area contributed by atoms with Gasteiger partial charge in [0.1, 0.15) is 6.07 Å². The number of nitrogens with zero attached hydrogens (tertiary/aromatic N) is 2. The van der Waals surface area contributed by atoms with Gasteiger partial charge < -0.3 is 0 Å². The quantitative estimate of drug-likeness (QED) is 0.643. The summed E-state index contributed by atoms with van der Waals surface area (Å²) in [4.78, 5) is 5.64. The lowest BCUT2D eigenvalue weighted by Gasteiger charge is -2.09. The Labute approximate surface area is 132 Å². The molecule has 0 N–H and O–H groups in total. The van der Waals surface area contributed by atoms with Crippen LogP contribution in [0.15, 0.2) is 47.8 Å². The van der Waals surface area contributed by atoms with Crippen LogP contribution in [-0.4, -0.2) is 4.98 Å². The molecule has 0 aliphatic carbocycles. The number of benzene rings is 1. The standard InChI is InChI=1S/C17H11ClN2S/c1-11-15(10-19)14(12-4-2-5-13(18)8-12)9-16(20-11)17-6-3-7-21-17/h2-9H,1H3. The lowest BCUT2D eigenvalue weighted by Crippen LogP contribution is -1.95. The van der Waals surface area contributed by atoms with Gasteiger partial charge in [-0.05, 0) is 42.1 Å². The average Bonchev–Trinajstić information content (AvgIpc) is 3.00. The van der Waals surface area contributed by atoms with Crippen molar-refractivity contribution in [2.75, 3.05) is 0 Å². The highest BCUT2D eigenvalue weighted by molar-refractivity contribution is 7.13. The second-order valence-corrected chi connectivity index (χ2v) is 6.00. The van der Waals surface area contributed by atoms with Crippen LogP contribution in [0.5, 0.6) is 0 Å². The Morgan fingerprint density at radius 1 is 1.19 bits per heavy atom. The Morgan fingerprint density at radius 3 is 2.71 bits per heavy atom. The normalized spacial score (nSPS) is 10.3. The molecule has 2 aromatic heterocycles. The minimum absolute atomic E-state index is 0.595. The molecule has 0 atom stereocenters. The van der Waals surface area contributed by atoms with Gasteiger partial charge in [0, 0.05) is 10.6 Å². The van der Waals surface area contributed by atoms with E-state index < -0.39 is 0 Å². The molecule has 0 aliphatic rings. The van der Waals surface area contributed by atoms with Crippen molar-refractivity contribution in [2.24, 2.45) is 0 Å². The summed E-state index contributed by atoms with van der Waals surface area (Å²) in [7, 11) is 0. The molecular formula is C17H11ClN2S. The zero-order valence-electron chi connectivity index (χ0n) is 11.3. The molecule has 0 unspecified atom stereocenters. The fourth-order valence-electron chi connectivity index (χ4n) is 2.25. The second-order valence-electron chi connectivity index (χ2n) is 4.61. The van der Waals surface area contributed by atoms with Crippen LogP contribution in [0.4, 0.5) is 0 Å². The average molecular weight is 311 g/mol. The molecule has 102 valence electrons. The van der Waals surface area contributed by atoms with E-state index in [1.54, 1.807) is 11.3 Å². The Kier molecular flexibility index (Phi) is 3.74. The van der Waals surface area contributed by atoms with E-state index >= 15 is 0 Å². The predicted molar refractivity (Wildman–Crippen MR) is 87.4 cm³/mol. The van der Waals surface area contributed by atoms with Gasteiger partial charge in [-0.2, -0.15) is 5.26 Å². The topological polar surface area (TPSA) is 36.7 Å². The summed E-state index contributed by atoms with van der Waals surface area (Å²) in [5.41, 5.74) is 4.02. The SMILES string of the molecule is Cc1nc(-c2cccs2)cc(-c2cccc(Cl)c2)c1C#N. The van der Waals surface area contributed by atoms with Crippen LogP contribution in [0.3, 0.4) is 0 Å². The third-order valence-corrected chi connectivity index (χ3v) is 4.35. The Hall–Kier alpha value is -2.15. The van der Waals surface area contributed by atoms with E-state index in [-0.39, 0.29) is 0 Å². The molecule has 0 radical (unpaired) electrons. The molecule has 2 nitrogen and oxygen atoms in total. The molecule has 4 heteroatoms. The molecule has 0 saturated carbocycles. The number of halogens is 1. The third-order valence-electron chi connectivity index (χ3n) is 3.22. The van der Waals surface area contributed by atoms with Crippen LogP contribution in [0.25, 0.3) is 21.7 Å². The van der Waals surface area contributed by atoms with Crippen molar-refractivity contribution in [2.45, 2.75) is 6.92 Å². The van der Waals surface area contributed by atoms with Gasteiger partial charge in [-0.1, -0.05) is 29.8 Å². The molecule has 0 fully saturated rings. The van der Waals surface area contributed by atoms with E-state index in [1.807, 2.05) is 54.8 Å². The minimum atomic E-state index is 0.595. The maximum absolute atomic E-state index is 9.43. The first-order chi connectivity index (χ1) is 10.2. The van der Waals surface area contributed by atoms with Gasteiger partial charge in [0.05, 0.1) is 21.8 Å². The highest BCUT2D eigenvalue weighted by Crippen LogP contribution is 2.32. The van der Waals surface area contributed by atoms with Crippen LogP contribution in [-0.2, 0) is 0 Å². The lowest BCUT2D eigenvalue weighted by atomic mass is 9.98. The van der Waals surface area contributed by atoms with Gasteiger partial charge in [-0.15, -0.1) is 11.3 Å². The van der Waals surface area contributed by atoms with Crippen LogP contribution in [0, 0.1) is 18.3 Å². The summed E-state index contributed by atoms with van der Waals surface area (Å²) >= 11 is 7.71. The van der Waals surface area contributed by atoms with Gasteiger partial charge in [-0.25, -0.2) is 0 Å². The van der Waals surface area contributed by atoms with Crippen molar-refractivity contribution in [3.05, 3.63) is 64.1 Å². The third kappa shape index (κ3) is 2.69. The van der Waals surface area contributed by atoms with Gasteiger partial charge in [-0.3, -0.25) is 4.98 Å². The van der Waals surface area contributed by atoms with Gasteiger partial charge in [0.2, 0.25) is 0 Å². The number of nitriles is 1. The zero-order valence-corrected chi connectivity index (χ0v) is 12.9. The molecule has 0 saturated heterocycles. The molecule has 2 heterocycles. The molecule has 3 aromatic rings. The van der Waals surface area contributed by atoms with Crippen molar-refractivity contribution in [3.63, 3.8) is 0 Å². The Bertz CT molecular complexity index is 832. The lowest BCUT2D eigenvalue weighted by molar-refractivity contribution is 1.19. The summed E-state index contributed by atoms with van der Waals surface area (Å²) in [6.45, 7) is 1.86. The first kappa shape index (κ1) is 13.8. The summed E-state index contributed by atoms with van der Waals surface area (Å²) < 4.78 is 0. The molecule has 0 aliphatic heterocycles. The highest BCUT2D eigenvalue weighted by Gasteiger charge is 2.13. The van der Waals surface area contributed by atoms with Crippen molar-refractivity contribution in [1.29, 1.82) is 5.26 Å². The van der Waals surface area contributed by atoms with E-state index in [0.717, 1.165) is 27.4 Å². The number of rotatable bonds is 2. The van der Waals surface area contributed by atoms with Crippen molar-refractivity contribution >= 4 is 22.9 Å². The van der Waals surface area contributed by atoms with Crippen LogP contribution < -0.4 is 0 Å². The first-order valence-electron chi connectivity index (χ1n) is 6.40. The van der Waals surface area contributed by atoms with Gasteiger partial charge in [0.15, 0.2) is 0 Å². The summed E-state index contributed by atoms with van der Waals surface area (Å²) in [5.74, 6) is 0. The molecule has 0 amide bonds. The predicted octanol–water partition coefficient (Wildman–Crippen LogP) is 5.31. The fourth-order valence-corrected chi connectivity index (χ4v) is 3.12. The molecular weight excluding hydrogens is 300 g/mol. The van der Waals surface area contributed by atoms with E-state index in [9.17, 15) is 5.26 Å². The van der Waals surface area contributed by atoms with E-state index in [2.05, 4.69) is 11.1 Å². The summed E-state index contributed by atoms with van der Waals surface area (Å²) in [6, 6.07) is 15.8. The number of aromatic nitrogens is 1. The maximum atomic E-state index is 9.43. The van der Waals surface area contributed by atoms with Crippen LogP contribution in [0.2, 0.25) is 5.02 Å². The first-order valence-corrected chi connectivity index (χ1v) is 7.66. The van der Waals surface area contributed by atoms with Crippen molar-refractivity contribution < 1.29 is 0 Å². The maximum Gasteiger partial charge on any atom is 0.102 e. The minimum Gasteiger partial charge on any atom is -0.251 e. The largest absolute Gasteiger partial charge is 0.251 e. The van der Waals surface area contributed by atoms with Crippen LogP contribution in [0.1, 0.15) is 11.3 Å².